The fraction of sp³-hybridized carbons (Fsp3) is 0. The highest BCUT2D eigenvalue weighted by Crippen LogP contribution is 2.46. The highest BCUT2D eigenvalue weighted by molar-refractivity contribution is 6.24. The lowest BCUT2D eigenvalue weighted by molar-refractivity contribution is 1.63. The Morgan fingerprint density at radius 1 is 0.200 bits per heavy atom. The summed E-state index contributed by atoms with van der Waals surface area (Å²) < 4.78 is 0. The summed E-state index contributed by atoms with van der Waals surface area (Å²) in [5.74, 6) is 0. The summed E-state index contributed by atoms with van der Waals surface area (Å²) in [6.07, 6.45) is 0. The normalized spacial score (nSPS) is 11.6. The van der Waals surface area contributed by atoms with E-state index in [1.807, 2.05) is 0 Å². The molecule has 232 valence electrons. The molecule has 10 aromatic rings. The fourth-order valence-corrected chi connectivity index (χ4v) is 8.14. The van der Waals surface area contributed by atoms with Gasteiger partial charge in [0, 0.05) is 0 Å². The van der Waals surface area contributed by atoms with Crippen LogP contribution in [0, 0.1) is 0 Å². The van der Waals surface area contributed by atoms with Crippen LogP contribution in [0.25, 0.3) is 98.4 Å². The van der Waals surface area contributed by atoms with Crippen LogP contribution < -0.4 is 0 Å². The van der Waals surface area contributed by atoms with Crippen LogP contribution in [0.1, 0.15) is 0 Å². The van der Waals surface area contributed by atoms with E-state index in [1.165, 1.54) is 98.4 Å². The van der Waals surface area contributed by atoms with Crippen molar-refractivity contribution in [1.29, 1.82) is 0 Å². The van der Waals surface area contributed by atoms with E-state index in [-0.39, 0.29) is 0 Å². The SMILES string of the molecule is c1ccc(-c2ccc3cccc(-c4c5ccccc5c(-c5ccc(-c6cc7ccccc7c7ccccc67)cc5)c5ccccc45)c3c2)cc1. The number of hydrogen-bond donors (Lipinski definition) is 0. The molecule has 0 heteroatoms. The van der Waals surface area contributed by atoms with E-state index < -0.39 is 0 Å². The molecule has 50 heavy (non-hydrogen) atoms. The Morgan fingerprint density at radius 2 is 0.720 bits per heavy atom. The van der Waals surface area contributed by atoms with Crippen molar-refractivity contribution in [1.82, 2.24) is 0 Å². The highest BCUT2D eigenvalue weighted by Gasteiger charge is 2.18. The maximum absolute atomic E-state index is 2.37. The lowest BCUT2D eigenvalue weighted by Crippen LogP contribution is -1.92. The Balaban J connectivity index is 1.19. The Hall–Kier alpha value is -6.50. The van der Waals surface area contributed by atoms with Crippen molar-refractivity contribution < 1.29 is 0 Å². The molecule has 0 aliphatic carbocycles. The molecule has 0 bridgehead atoms. The van der Waals surface area contributed by atoms with Gasteiger partial charge < -0.3 is 0 Å². The van der Waals surface area contributed by atoms with Gasteiger partial charge in [-0.05, 0) is 111 Å². The quantitative estimate of drug-likeness (QED) is 0.134. The maximum atomic E-state index is 2.37. The molecule has 0 fully saturated rings. The van der Waals surface area contributed by atoms with Crippen LogP contribution in [0.5, 0.6) is 0 Å². The zero-order valence-corrected chi connectivity index (χ0v) is 27.5. The van der Waals surface area contributed by atoms with Gasteiger partial charge in [-0.25, -0.2) is 0 Å². The van der Waals surface area contributed by atoms with Gasteiger partial charge in [-0.1, -0.05) is 182 Å². The van der Waals surface area contributed by atoms with Crippen LogP contribution in [0.15, 0.2) is 194 Å². The Morgan fingerprint density at radius 3 is 1.42 bits per heavy atom. The van der Waals surface area contributed by atoms with Crippen molar-refractivity contribution in [3.8, 4) is 44.5 Å². The summed E-state index contributed by atoms with van der Waals surface area (Å²) in [5.41, 5.74) is 10.0. The van der Waals surface area contributed by atoms with Gasteiger partial charge in [0.05, 0.1) is 0 Å². The van der Waals surface area contributed by atoms with E-state index in [2.05, 4.69) is 194 Å². The molecule has 0 aliphatic heterocycles. The van der Waals surface area contributed by atoms with Crippen molar-refractivity contribution in [2.24, 2.45) is 0 Å². The molecule has 0 amide bonds. The summed E-state index contributed by atoms with van der Waals surface area (Å²) in [7, 11) is 0. The molecular formula is C50H32. The largest absolute Gasteiger partial charge is 0.0622 e. The molecule has 0 radical (unpaired) electrons. The van der Waals surface area contributed by atoms with Crippen LogP contribution in [-0.2, 0) is 0 Å². The lowest BCUT2D eigenvalue weighted by atomic mass is 9.84. The maximum Gasteiger partial charge on any atom is -0.00201 e. The molecule has 0 N–H and O–H groups in total. The van der Waals surface area contributed by atoms with E-state index in [1.54, 1.807) is 0 Å². The number of fused-ring (bicyclic) bond motifs is 6. The van der Waals surface area contributed by atoms with E-state index in [4.69, 9.17) is 0 Å². The van der Waals surface area contributed by atoms with Gasteiger partial charge in [-0.15, -0.1) is 0 Å². The summed E-state index contributed by atoms with van der Waals surface area (Å²) in [4.78, 5) is 0. The van der Waals surface area contributed by atoms with E-state index in [0.29, 0.717) is 0 Å². The summed E-state index contributed by atoms with van der Waals surface area (Å²) >= 11 is 0. The molecule has 10 aromatic carbocycles. The molecule has 10 rings (SSSR count). The molecule has 0 spiro atoms. The second kappa shape index (κ2) is 11.6. The van der Waals surface area contributed by atoms with Gasteiger partial charge in [0.25, 0.3) is 0 Å². The average molecular weight is 633 g/mol. The predicted molar refractivity (Wildman–Crippen MR) is 216 cm³/mol. The second-order valence-electron chi connectivity index (χ2n) is 13.2. The molecule has 0 saturated carbocycles. The molecule has 0 saturated heterocycles. The molecule has 0 aromatic heterocycles. The number of benzene rings is 10. The third kappa shape index (κ3) is 4.54. The van der Waals surface area contributed by atoms with Gasteiger partial charge in [-0.3, -0.25) is 0 Å². The van der Waals surface area contributed by atoms with E-state index in [0.717, 1.165) is 0 Å². The Bertz CT molecular complexity index is 2840. The minimum Gasteiger partial charge on any atom is -0.0622 e. The molecule has 0 aliphatic rings. The van der Waals surface area contributed by atoms with Gasteiger partial charge in [0.2, 0.25) is 0 Å². The van der Waals surface area contributed by atoms with E-state index in [9.17, 15) is 0 Å². The van der Waals surface area contributed by atoms with Crippen LogP contribution in [0.4, 0.5) is 0 Å². The van der Waals surface area contributed by atoms with Crippen LogP contribution >= 0.6 is 0 Å². The molecule has 0 atom stereocenters. The standard InChI is InChI=1S/C50H32/c1-2-13-33(14-3-1)37-30-27-34-16-12-24-46(48(34)31-37)50-44-22-10-8-20-42(44)49(43-21-9-11-23-45(43)50)36-28-25-35(26-29-36)47-32-38-15-4-5-17-39(38)40-18-6-7-19-41(40)47/h1-32H. The van der Waals surface area contributed by atoms with Crippen molar-refractivity contribution in [2.45, 2.75) is 0 Å². The van der Waals surface area contributed by atoms with Crippen LogP contribution in [-0.4, -0.2) is 0 Å². The molecular weight excluding hydrogens is 601 g/mol. The Labute approximate surface area is 291 Å². The molecule has 0 nitrogen and oxygen atoms in total. The topological polar surface area (TPSA) is 0 Å². The van der Waals surface area contributed by atoms with Crippen LogP contribution in [0.2, 0.25) is 0 Å². The highest BCUT2D eigenvalue weighted by atomic mass is 14.2. The van der Waals surface area contributed by atoms with Crippen LogP contribution in [0.3, 0.4) is 0 Å². The number of hydrogen-bond acceptors (Lipinski definition) is 0. The third-order valence-electron chi connectivity index (χ3n) is 10.4. The lowest BCUT2D eigenvalue weighted by Gasteiger charge is -2.19. The zero-order valence-electron chi connectivity index (χ0n) is 27.5. The Kier molecular flexibility index (Phi) is 6.60. The summed E-state index contributed by atoms with van der Waals surface area (Å²) in [6, 6.07) is 71.3. The first kappa shape index (κ1) is 28.5. The van der Waals surface area contributed by atoms with E-state index >= 15 is 0 Å². The molecule has 0 heterocycles. The van der Waals surface area contributed by atoms with Gasteiger partial charge >= 0.3 is 0 Å². The summed E-state index contributed by atoms with van der Waals surface area (Å²) in [5, 5.41) is 12.7. The predicted octanol–water partition coefficient (Wildman–Crippen LogP) is 14.1. The van der Waals surface area contributed by atoms with Crippen molar-refractivity contribution in [3.05, 3.63) is 194 Å². The van der Waals surface area contributed by atoms with Crippen molar-refractivity contribution in [2.75, 3.05) is 0 Å². The van der Waals surface area contributed by atoms with Crippen molar-refractivity contribution >= 4 is 53.9 Å². The smallest absolute Gasteiger partial charge is 0.00201 e. The van der Waals surface area contributed by atoms with Crippen molar-refractivity contribution in [3.63, 3.8) is 0 Å². The first-order chi connectivity index (χ1) is 24.8. The third-order valence-corrected chi connectivity index (χ3v) is 10.4. The average Bonchev–Trinajstić information content (AvgIpc) is 3.20. The minimum atomic E-state index is 1.22. The fourth-order valence-electron chi connectivity index (χ4n) is 8.14. The molecule has 0 unspecified atom stereocenters. The van der Waals surface area contributed by atoms with Gasteiger partial charge in [0.15, 0.2) is 0 Å². The van der Waals surface area contributed by atoms with Gasteiger partial charge in [0.1, 0.15) is 0 Å². The first-order valence-corrected chi connectivity index (χ1v) is 17.4. The number of rotatable bonds is 4. The second-order valence-corrected chi connectivity index (χ2v) is 13.2. The monoisotopic (exact) mass is 632 g/mol. The minimum absolute atomic E-state index is 1.22. The van der Waals surface area contributed by atoms with Gasteiger partial charge in [-0.2, -0.15) is 0 Å². The summed E-state index contributed by atoms with van der Waals surface area (Å²) in [6.45, 7) is 0. The first-order valence-electron chi connectivity index (χ1n) is 17.4. The zero-order chi connectivity index (χ0) is 33.0.